The van der Waals surface area contributed by atoms with E-state index in [0.717, 1.165) is 11.1 Å². The third kappa shape index (κ3) is 4.47. The summed E-state index contributed by atoms with van der Waals surface area (Å²) >= 11 is 0. The summed E-state index contributed by atoms with van der Waals surface area (Å²) in [5.74, 6) is 0.710. The fraction of sp³-hybridized carbons (Fsp3) is 0.174. The SMILES string of the molecule is CC(=O)c1cccc(-c2ccnc(NC(=O)c3ccc(C(C)C)cc3)c2)c1. The number of rotatable bonds is 5. The van der Waals surface area contributed by atoms with Crippen LogP contribution in [0.1, 0.15) is 53.0 Å². The molecular formula is C23H22N2O2. The van der Waals surface area contributed by atoms with Gasteiger partial charge in [-0.05, 0) is 59.9 Å². The van der Waals surface area contributed by atoms with Gasteiger partial charge in [0.05, 0.1) is 0 Å². The van der Waals surface area contributed by atoms with E-state index in [9.17, 15) is 9.59 Å². The van der Waals surface area contributed by atoms with Gasteiger partial charge in [-0.15, -0.1) is 0 Å². The lowest BCUT2D eigenvalue weighted by molar-refractivity contribution is 0.101. The molecule has 0 atom stereocenters. The quantitative estimate of drug-likeness (QED) is 0.627. The van der Waals surface area contributed by atoms with E-state index in [1.54, 1.807) is 25.3 Å². The molecule has 4 heteroatoms. The van der Waals surface area contributed by atoms with Gasteiger partial charge in [-0.25, -0.2) is 4.98 Å². The van der Waals surface area contributed by atoms with Crippen LogP contribution in [-0.4, -0.2) is 16.7 Å². The average molecular weight is 358 g/mol. The van der Waals surface area contributed by atoms with Gasteiger partial charge < -0.3 is 5.32 Å². The van der Waals surface area contributed by atoms with E-state index < -0.39 is 0 Å². The van der Waals surface area contributed by atoms with Gasteiger partial charge in [0.2, 0.25) is 0 Å². The minimum atomic E-state index is -0.201. The van der Waals surface area contributed by atoms with Crippen molar-refractivity contribution in [3.63, 3.8) is 0 Å². The zero-order valence-electron chi connectivity index (χ0n) is 15.7. The molecule has 0 aliphatic heterocycles. The number of pyridine rings is 1. The van der Waals surface area contributed by atoms with Crippen molar-refractivity contribution in [1.29, 1.82) is 0 Å². The molecule has 1 heterocycles. The number of hydrogen-bond donors (Lipinski definition) is 1. The number of nitrogens with zero attached hydrogens (tertiary/aromatic N) is 1. The molecular weight excluding hydrogens is 336 g/mol. The van der Waals surface area contributed by atoms with E-state index in [2.05, 4.69) is 24.1 Å². The summed E-state index contributed by atoms with van der Waals surface area (Å²) in [6, 6.07) is 18.7. The van der Waals surface area contributed by atoms with Crippen LogP contribution in [0.4, 0.5) is 5.82 Å². The van der Waals surface area contributed by atoms with Crippen LogP contribution in [0.5, 0.6) is 0 Å². The first-order valence-electron chi connectivity index (χ1n) is 8.93. The van der Waals surface area contributed by atoms with E-state index >= 15 is 0 Å². The summed E-state index contributed by atoms with van der Waals surface area (Å²) in [6.07, 6.45) is 1.65. The minimum Gasteiger partial charge on any atom is -0.307 e. The summed E-state index contributed by atoms with van der Waals surface area (Å²) < 4.78 is 0. The second kappa shape index (κ2) is 7.96. The molecule has 3 aromatic rings. The Labute approximate surface area is 159 Å². The summed E-state index contributed by atoms with van der Waals surface area (Å²) in [5.41, 5.74) is 4.22. The van der Waals surface area contributed by atoms with Gasteiger partial charge in [0.25, 0.3) is 5.91 Å². The molecule has 4 nitrogen and oxygen atoms in total. The van der Waals surface area contributed by atoms with E-state index in [4.69, 9.17) is 0 Å². The van der Waals surface area contributed by atoms with Crippen molar-refractivity contribution in [3.8, 4) is 11.1 Å². The second-order valence-electron chi connectivity index (χ2n) is 6.80. The molecule has 0 radical (unpaired) electrons. The molecule has 2 aromatic carbocycles. The molecule has 0 unspecified atom stereocenters. The fourth-order valence-electron chi connectivity index (χ4n) is 2.80. The van der Waals surface area contributed by atoms with Crippen LogP contribution in [0.15, 0.2) is 66.9 Å². The third-order valence-corrected chi connectivity index (χ3v) is 4.44. The molecule has 0 aliphatic carbocycles. The summed E-state index contributed by atoms with van der Waals surface area (Å²) in [5, 5.41) is 2.84. The molecule has 0 fully saturated rings. The Morgan fingerprint density at radius 2 is 1.59 bits per heavy atom. The Kier molecular flexibility index (Phi) is 5.46. The van der Waals surface area contributed by atoms with Gasteiger partial charge in [-0.1, -0.05) is 44.2 Å². The Balaban J connectivity index is 1.80. The Morgan fingerprint density at radius 3 is 2.26 bits per heavy atom. The maximum atomic E-state index is 12.5. The largest absolute Gasteiger partial charge is 0.307 e. The zero-order chi connectivity index (χ0) is 19.4. The van der Waals surface area contributed by atoms with Crippen LogP contribution in [0.25, 0.3) is 11.1 Å². The van der Waals surface area contributed by atoms with Crippen LogP contribution in [-0.2, 0) is 0 Å². The molecule has 0 spiro atoms. The Morgan fingerprint density at radius 1 is 0.889 bits per heavy atom. The number of ketones is 1. The molecule has 0 saturated carbocycles. The smallest absolute Gasteiger partial charge is 0.256 e. The summed E-state index contributed by atoms with van der Waals surface area (Å²) in [6.45, 7) is 5.78. The topological polar surface area (TPSA) is 59.1 Å². The van der Waals surface area contributed by atoms with Crippen molar-refractivity contribution in [1.82, 2.24) is 4.98 Å². The lowest BCUT2D eigenvalue weighted by atomic mass is 10.0. The van der Waals surface area contributed by atoms with Crippen molar-refractivity contribution in [2.75, 3.05) is 5.32 Å². The number of Topliss-reactive ketones (excluding diaryl/α,β-unsaturated/α-hetero) is 1. The molecule has 1 amide bonds. The van der Waals surface area contributed by atoms with Crippen molar-refractivity contribution in [2.24, 2.45) is 0 Å². The van der Waals surface area contributed by atoms with E-state index in [1.165, 1.54) is 5.56 Å². The fourth-order valence-corrected chi connectivity index (χ4v) is 2.80. The highest BCUT2D eigenvalue weighted by Gasteiger charge is 2.09. The van der Waals surface area contributed by atoms with Gasteiger partial charge in [0.1, 0.15) is 5.82 Å². The first-order valence-corrected chi connectivity index (χ1v) is 8.93. The van der Waals surface area contributed by atoms with Crippen LogP contribution in [0, 0.1) is 0 Å². The highest BCUT2D eigenvalue weighted by atomic mass is 16.1. The zero-order valence-corrected chi connectivity index (χ0v) is 15.7. The number of aromatic nitrogens is 1. The molecule has 0 aliphatic rings. The van der Waals surface area contributed by atoms with Gasteiger partial charge in [-0.3, -0.25) is 9.59 Å². The maximum Gasteiger partial charge on any atom is 0.256 e. The summed E-state index contributed by atoms with van der Waals surface area (Å²) in [7, 11) is 0. The average Bonchev–Trinajstić information content (AvgIpc) is 2.68. The van der Waals surface area contributed by atoms with Crippen LogP contribution in [0.3, 0.4) is 0 Å². The maximum absolute atomic E-state index is 12.5. The van der Waals surface area contributed by atoms with Gasteiger partial charge in [-0.2, -0.15) is 0 Å². The molecule has 27 heavy (non-hydrogen) atoms. The molecule has 3 rings (SSSR count). The first-order chi connectivity index (χ1) is 12.9. The van der Waals surface area contributed by atoms with Crippen LogP contribution >= 0.6 is 0 Å². The summed E-state index contributed by atoms with van der Waals surface area (Å²) in [4.78, 5) is 28.3. The first kappa shape index (κ1) is 18.5. The van der Waals surface area contributed by atoms with Gasteiger partial charge >= 0.3 is 0 Å². The Bertz CT molecular complexity index is 976. The van der Waals surface area contributed by atoms with Gasteiger partial charge in [0, 0.05) is 17.3 Å². The molecule has 0 saturated heterocycles. The van der Waals surface area contributed by atoms with Crippen molar-refractivity contribution < 1.29 is 9.59 Å². The molecule has 1 N–H and O–H groups in total. The lowest BCUT2D eigenvalue weighted by Crippen LogP contribution is -2.13. The number of nitrogens with one attached hydrogen (secondary N) is 1. The molecule has 136 valence electrons. The standard InChI is InChI=1S/C23H22N2O2/c1-15(2)17-7-9-18(10-8-17)23(27)25-22-14-21(11-12-24-22)20-6-4-5-19(13-20)16(3)26/h4-15H,1-3H3,(H,24,25,27). The number of anilines is 1. The normalized spacial score (nSPS) is 10.7. The third-order valence-electron chi connectivity index (χ3n) is 4.44. The highest BCUT2D eigenvalue weighted by molar-refractivity contribution is 6.04. The number of benzene rings is 2. The van der Waals surface area contributed by atoms with Crippen molar-refractivity contribution in [2.45, 2.75) is 26.7 Å². The predicted octanol–water partition coefficient (Wildman–Crippen LogP) is 5.33. The monoisotopic (exact) mass is 358 g/mol. The predicted molar refractivity (Wildman–Crippen MR) is 108 cm³/mol. The van der Waals surface area contributed by atoms with Crippen LogP contribution in [0.2, 0.25) is 0 Å². The number of carbonyl (C=O) groups excluding carboxylic acids is 2. The second-order valence-corrected chi connectivity index (χ2v) is 6.80. The molecule has 0 bridgehead atoms. The lowest BCUT2D eigenvalue weighted by Gasteiger charge is -2.09. The molecule has 1 aromatic heterocycles. The number of carbonyl (C=O) groups is 2. The van der Waals surface area contributed by atoms with E-state index in [0.29, 0.717) is 22.9 Å². The van der Waals surface area contributed by atoms with Crippen molar-refractivity contribution >= 4 is 17.5 Å². The highest BCUT2D eigenvalue weighted by Crippen LogP contribution is 2.23. The Hall–Kier alpha value is -3.27. The van der Waals surface area contributed by atoms with E-state index in [-0.39, 0.29) is 11.7 Å². The number of amides is 1. The van der Waals surface area contributed by atoms with Crippen molar-refractivity contribution in [3.05, 3.63) is 83.6 Å². The van der Waals surface area contributed by atoms with Gasteiger partial charge in [0.15, 0.2) is 5.78 Å². The van der Waals surface area contributed by atoms with Crippen LogP contribution < -0.4 is 5.32 Å². The number of hydrogen-bond acceptors (Lipinski definition) is 3. The van der Waals surface area contributed by atoms with E-state index in [1.807, 2.05) is 48.5 Å². The minimum absolute atomic E-state index is 0.0178.